The molecule has 2 atom stereocenters. The van der Waals surface area contributed by atoms with E-state index < -0.39 is 0 Å². The van der Waals surface area contributed by atoms with E-state index in [1.54, 1.807) is 14.2 Å². The number of hydrogen-bond donors (Lipinski definition) is 1. The van der Waals surface area contributed by atoms with Crippen molar-refractivity contribution in [2.75, 3.05) is 38.8 Å². The van der Waals surface area contributed by atoms with Crippen LogP contribution in [0, 0.1) is 5.92 Å². The Morgan fingerprint density at radius 1 is 1.33 bits per heavy atom. The summed E-state index contributed by atoms with van der Waals surface area (Å²) in [6, 6.07) is 6.54. The fraction of sp³-hybridized carbons (Fsp3) is 0.647. The number of methoxy groups -OCH3 is 2. The van der Waals surface area contributed by atoms with Gasteiger partial charge in [-0.3, -0.25) is 0 Å². The molecule has 0 saturated carbocycles. The lowest BCUT2D eigenvalue weighted by molar-refractivity contribution is 0.380. The summed E-state index contributed by atoms with van der Waals surface area (Å²) in [5.41, 5.74) is 1.13. The number of anilines is 1. The SMILES string of the molecule is CCC(C)C1CN(c2cc(OC)ccc2OC)CCCN1. The number of benzene rings is 1. The second-order valence-corrected chi connectivity index (χ2v) is 5.78. The molecule has 2 unspecified atom stereocenters. The first-order valence-corrected chi connectivity index (χ1v) is 7.90. The predicted molar refractivity (Wildman–Crippen MR) is 87.6 cm³/mol. The minimum atomic E-state index is 0.522. The minimum Gasteiger partial charge on any atom is -0.497 e. The molecule has 1 saturated heterocycles. The number of nitrogens with one attached hydrogen (secondary N) is 1. The highest BCUT2D eigenvalue weighted by atomic mass is 16.5. The van der Waals surface area contributed by atoms with Crippen LogP contribution in [0.25, 0.3) is 0 Å². The Bertz CT molecular complexity index is 450. The van der Waals surface area contributed by atoms with Crippen LogP contribution in [0.4, 0.5) is 5.69 Å². The van der Waals surface area contributed by atoms with Crippen LogP contribution in [0.5, 0.6) is 11.5 Å². The van der Waals surface area contributed by atoms with Crippen molar-refractivity contribution in [1.29, 1.82) is 0 Å². The van der Waals surface area contributed by atoms with Crippen molar-refractivity contribution < 1.29 is 9.47 Å². The molecule has 1 aromatic rings. The maximum Gasteiger partial charge on any atom is 0.142 e. The van der Waals surface area contributed by atoms with E-state index in [4.69, 9.17) is 9.47 Å². The van der Waals surface area contributed by atoms with Crippen LogP contribution in [0.2, 0.25) is 0 Å². The molecule has 1 heterocycles. The van der Waals surface area contributed by atoms with Gasteiger partial charge in [0.15, 0.2) is 0 Å². The fourth-order valence-electron chi connectivity index (χ4n) is 2.88. The fourth-order valence-corrected chi connectivity index (χ4v) is 2.88. The summed E-state index contributed by atoms with van der Waals surface area (Å²) in [6.45, 7) is 7.72. The van der Waals surface area contributed by atoms with E-state index in [1.807, 2.05) is 12.1 Å². The second-order valence-electron chi connectivity index (χ2n) is 5.78. The zero-order valence-corrected chi connectivity index (χ0v) is 13.7. The molecule has 0 aromatic heterocycles. The van der Waals surface area contributed by atoms with Gasteiger partial charge in [0.1, 0.15) is 11.5 Å². The first-order valence-electron chi connectivity index (χ1n) is 7.90. The number of rotatable bonds is 5. The average molecular weight is 292 g/mol. The van der Waals surface area contributed by atoms with Crippen LogP contribution >= 0.6 is 0 Å². The lowest BCUT2D eigenvalue weighted by atomic mass is 9.99. The molecule has 1 N–H and O–H groups in total. The average Bonchev–Trinajstić information content (AvgIpc) is 2.79. The number of hydrogen-bond acceptors (Lipinski definition) is 4. The van der Waals surface area contributed by atoms with E-state index in [-0.39, 0.29) is 0 Å². The first kappa shape index (κ1) is 16.0. The van der Waals surface area contributed by atoms with Gasteiger partial charge in [0.25, 0.3) is 0 Å². The second kappa shape index (κ2) is 7.55. The lowest BCUT2D eigenvalue weighted by Crippen LogP contribution is -2.42. The summed E-state index contributed by atoms with van der Waals surface area (Å²) < 4.78 is 10.9. The molecule has 118 valence electrons. The molecular formula is C17H28N2O2. The van der Waals surface area contributed by atoms with Gasteiger partial charge >= 0.3 is 0 Å². The van der Waals surface area contributed by atoms with E-state index >= 15 is 0 Å². The third-order valence-corrected chi connectivity index (χ3v) is 4.49. The van der Waals surface area contributed by atoms with Crippen molar-refractivity contribution >= 4 is 5.69 Å². The van der Waals surface area contributed by atoms with Gasteiger partial charge < -0.3 is 19.7 Å². The molecule has 0 bridgehead atoms. The van der Waals surface area contributed by atoms with Crippen molar-refractivity contribution in [1.82, 2.24) is 5.32 Å². The van der Waals surface area contributed by atoms with Crippen molar-refractivity contribution in [2.24, 2.45) is 5.92 Å². The van der Waals surface area contributed by atoms with Gasteiger partial charge in [-0.05, 0) is 31.0 Å². The Kier molecular flexibility index (Phi) is 5.74. The molecular weight excluding hydrogens is 264 g/mol. The van der Waals surface area contributed by atoms with Crippen LogP contribution < -0.4 is 19.7 Å². The van der Waals surface area contributed by atoms with Gasteiger partial charge in [-0.25, -0.2) is 0 Å². The standard InChI is InChI=1S/C17H28N2O2/c1-5-13(2)15-12-19(10-6-9-18-15)16-11-14(20-3)7-8-17(16)21-4/h7-8,11,13,15,18H,5-6,9-10,12H2,1-4H3. The molecule has 1 aliphatic rings. The van der Waals surface area contributed by atoms with Gasteiger partial charge in [-0.2, -0.15) is 0 Å². The minimum absolute atomic E-state index is 0.522. The van der Waals surface area contributed by atoms with Crippen LogP contribution in [0.15, 0.2) is 18.2 Å². The Balaban J connectivity index is 2.25. The lowest BCUT2D eigenvalue weighted by Gasteiger charge is -2.30. The molecule has 0 amide bonds. The predicted octanol–water partition coefficient (Wildman–Crippen LogP) is 2.92. The highest BCUT2D eigenvalue weighted by Gasteiger charge is 2.23. The number of nitrogens with zero attached hydrogens (tertiary/aromatic N) is 1. The highest BCUT2D eigenvalue weighted by Crippen LogP contribution is 2.33. The molecule has 0 radical (unpaired) electrons. The van der Waals surface area contributed by atoms with E-state index in [1.165, 1.54) is 6.42 Å². The van der Waals surface area contributed by atoms with E-state index in [0.29, 0.717) is 12.0 Å². The Labute approximate surface area is 128 Å². The Morgan fingerprint density at radius 3 is 2.81 bits per heavy atom. The van der Waals surface area contributed by atoms with Crippen molar-refractivity contribution in [3.63, 3.8) is 0 Å². The maximum atomic E-state index is 5.54. The molecule has 1 fully saturated rings. The van der Waals surface area contributed by atoms with E-state index in [0.717, 1.165) is 43.2 Å². The van der Waals surface area contributed by atoms with Gasteiger partial charge in [-0.1, -0.05) is 20.3 Å². The maximum absolute atomic E-state index is 5.54. The molecule has 4 heteroatoms. The molecule has 21 heavy (non-hydrogen) atoms. The van der Waals surface area contributed by atoms with E-state index in [2.05, 4.69) is 30.1 Å². The van der Waals surface area contributed by atoms with E-state index in [9.17, 15) is 0 Å². The zero-order valence-electron chi connectivity index (χ0n) is 13.7. The molecule has 0 spiro atoms. The summed E-state index contributed by atoms with van der Waals surface area (Å²) in [5.74, 6) is 2.46. The van der Waals surface area contributed by atoms with Crippen LogP contribution in [-0.2, 0) is 0 Å². The summed E-state index contributed by atoms with van der Waals surface area (Å²) in [4.78, 5) is 2.43. The van der Waals surface area contributed by atoms with Gasteiger partial charge in [0.2, 0.25) is 0 Å². The van der Waals surface area contributed by atoms with Gasteiger partial charge in [-0.15, -0.1) is 0 Å². The summed E-state index contributed by atoms with van der Waals surface area (Å²) in [6.07, 6.45) is 2.34. The summed E-state index contributed by atoms with van der Waals surface area (Å²) in [7, 11) is 3.44. The normalized spacial score (nSPS) is 20.8. The quantitative estimate of drug-likeness (QED) is 0.905. The van der Waals surface area contributed by atoms with Gasteiger partial charge in [0, 0.05) is 25.2 Å². The van der Waals surface area contributed by atoms with Crippen LogP contribution in [0.1, 0.15) is 26.7 Å². The smallest absolute Gasteiger partial charge is 0.142 e. The topological polar surface area (TPSA) is 33.7 Å². The summed E-state index contributed by atoms with van der Waals surface area (Å²) in [5, 5.41) is 3.68. The molecule has 0 aliphatic carbocycles. The van der Waals surface area contributed by atoms with Crippen molar-refractivity contribution in [3.8, 4) is 11.5 Å². The molecule has 1 aromatic carbocycles. The molecule has 4 nitrogen and oxygen atoms in total. The number of ether oxygens (including phenoxy) is 2. The Morgan fingerprint density at radius 2 is 2.14 bits per heavy atom. The van der Waals surface area contributed by atoms with Crippen molar-refractivity contribution in [3.05, 3.63) is 18.2 Å². The third kappa shape index (κ3) is 3.82. The van der Waals surface area contributed by atoms with Crippen molar-refractivity contribution in [2.45, 2.75) is 32.7 Å². The zero-order chi connectivity index (χ0) is 15.2. The largest absolute Gasteiger partial charge is 0.497 e. The monoisotopic (exact) mass is 292 g/mol. The molecule has 2 rings (SSSR count). The highest BCUT2D eigenvalue weighted by molar-refractivity contribution is 5.62. The van der Waals surface area contributed by atoms with Crippen LogP contribution in [0.3, 0.4) is 0 Å². The summed E-state index contributed by atoms with van der Waals surface area (Å²) >= 11 is 0. The molecule has 1 aliphatic heterocycles. The van der Waals surface area contributed by atoms with Crippen LogP contribution in [-0.4, -0.2) is 39.9 Å². The van der Waals surface area contributed by atoms with Gasteiger partial charge in [0.05, 0.1) is 19.9 Å². The third-order valence-electron chi connectivity index (χ3n) is 4.49. The Hall–Kier alpha value is -1.42. The first-order chi connectivity index (χ1) is 10.2.